The van der Waals surface area contributed by atoms with Gasteiger partial charge in [-0.3, -0.25) is 14.3 Å². The Morgan fingerprint density at radius 1 is 1.38 bits per heavy atom. The Hall–Kier alpha value is -1.31. The van der Waals surface area contributed by atoms with Crippen LogP contribution >= 0.6 is 24.8 Å². The van der Waals surface area contributed by atoms with E-state index < -0.39 is 0 Å². The van der Waals surface area contributed by atoms with Crippen LogP contribution in [0, 0.1) is 11.3 Å². The molecule has 1 aliphatic heterocycles. The van der Waals surface area contributed by atoms with Crippen molar-refractivity contribution in [2.75, 3.05) is 27.2 Å². The molecule has 1 aromatic heterocycles. The molecule has 2 rings (SSSR count). The van der Waals surface area contributed by atoms with Gasteiger partial charge in [0.15, 0.2) is 0 Å². The number of aryl methyl sites for hydroxylation is 1. The predicted molar refractivity (Wildman–Crippen MR) is 106 cm³/mol. The summed E-state index contributed by atoms with van der Waals surface area (Å²) in [7, 11) is 5.42. The van der Waals surface area contributed by atoms with Gasteiger partial charge in [-0.25, -0.2) is 0 Å². The molecule has 2 N–H and O–H groups in total. The van der Waals surface area contributed by atoms with Crippen molar-refractivity contribution in [1.29, 1.82) is 0 Å². The molecule has 1 aromatic rings. The Kier molecular flexibility index (Phi) is 9.09. The number of nitrogens with zero attached hydrogens (tertiary/aromatic N) is 4. The highest BCUT2D eigenvalue weighted by molar-refractivity contribution is 5.86. The summed E-state index contributed by atoms with van der Waals surface area (Å²) in [5.41, 5.74) is 6.56. The standard InChI is InChI=1S/C17H29N5O2.2ClH/c1-17(2,10-18)11-20(3)16(24)13-6-7-14(23)22(5)15(13)12-8-19-21(4)9-12;;/h8-9,13,15H,6-7,10-11,18H2,1-5H3;2*1H. The van der Waals surface area contributed by atoms with Crippen LogP contribution in [0.25, 0.3) is 0 Å². The largest absolute Gasteiger partial charge is 0.345 e. The van der Waals surface area contributed by atoms with E-state index in [0.717, 1.165) is 5.56 Å². The molecule has 2 unspecified atom stereocenters. The minimum atomic E-state index is -0.268. The van der Waals surface area contributed by atoms with Crippen LogP contribution < -0.4 is 5.73 Å². The first-order valence-electron chi connectivity index (χ1n) is 8.35. The number of aromatic nitrogens is 2. The number of carbonyl (C=O) groups excluding carboxylic acids is 2. The lowest BCUT2D eigenvalue weighted by Crippen LogP contribution is -2.49. The lowest BCUT2D eigenvalue weighted by atomic mass is 9.84. The van der Waals surface area contributed by atoms with Crippen molar-refractivity contribution >= 4 is 36.6 Å². The van der Waals surface area contributed by atoms with Crippen molar-refractivity contribution in [3.8, 4) is 0 Å². The maximum Gasteiger partial charge on any atom is 0.227 e. The highest BCUT2D eigenvalue weighted by Crippen LogP contribution is 2.36. The number of likely N-dealkylation sites (tertiary alicyclic amines) is 1. The second-order valence-corrected chi connectivity index (χ2v) is 7.60. The van der Waals surface area contributed by atoms with Gasteiger partial charge in [-0.05, 0) is 18.4 Å². The van der Waals surface area contributed by atoms with E-state index in [2.05, 4.69) is 5.10 Å². The second kappa shape index (κ2) is 9.58. The fourth-order valence-electron chi connectivity index (χ4n) is 3.41. The van der Waals surface area contributed by atoms with Gasteiger partial charge in [0.05, 0.1) is 18.2 Å². The van der Waals surface area contributed by atoms with E-state index in [1.165, 1.54) is 0 Å². The summed E-state index contributed by atoms with van der Waals surface area (Å²) in [4.78, 5) is 28.6. The normalized spacial score (nSPS) is 20.2. The molecular weight excluding hydrogens is 377 g/mol. The van der Waals surface area contributed by atoms with Crippen LogP contribution in [0.5, 0.6) is 0 Å². The summed E-state index contributed by atoms with van der Waals surface area (Å²) in [6.07, 6.45) is 4.58. The number of nitrogens with two attached hydrogens (primary N) is 1. The third-order valence-electron chi connectivity index (χ3n) is 4.84. The molecule has 150 valence electrons. The molecule has 0 spiro atoms. The van der Waals surface area contributed by atoms with Crippen molar-refractivity contribution < 1.29 is 9.59 Å². The lowest BCUT2D eigenvalue weighted by Gasteiger charge is -2.40. The topological polar surface area (TPSA) is 84.5 Å². The minimum Gasteiger partial charge on any atom is -0.345 e. The second-order valence-electron chi connectivity index (χ2n) is 7.60. The van der Waals surface area contributed by atoms with Gasteiger partial charge in [-0.2, -0.15) is 5.10 Å². The Morgan fingerprint density at radius 3 is 2.50 bits per heavy atom. The number of amides is 2. The quantitative estimate of drug-likeness (QED) is 0.803. The summed E-state index contributed by atoms with van der Waals surface area (Å²) in [6, 6.07) is -0.268. The number of hydrogen-bond acceptors (Lipinski definition) is 4. The summed E-state index contributed by atoms with van der Waals surface area (Å²) in [5, 5.41) is 4.20. The Balaban J connectivity index is 0.00000312. The third kappa shape index (κ3) is 5.34. The van der Waals surface area contributed by atoms with E-state index in [0.29, 0.717) is 25.9 Å². The van der Waals surface area contributed by atoms with Crippen molar-refractivity contribution in [2.45, 2.75) is 32.7 Å². The Morgan fingerprint density at radius 2 is 2.00 bits per heavy atom. The van der Waals surface area contributed by atoms with Crippen molar-refractivity contribution in [2.24, 2.45) is 24.1 Å². The molecule has 26 heavy (non-hydrogen) atoms. The van der Waals surface area contributed by atoms with Gasteiger partial charge in [0.1, 0.15) is 0 Å². The molecule has 7 nitrogen and oxygen atoms in total. The predicted octanol–water partition coefficient (Wildman–Crippen LogP) is 1.62. The molecule has 1 fully saturated rings. The molecule has 0 saturated carbocycles. The van der Waals surface area contributed by atoms with Crippen LogP contribution in [0.1, 0.15) is 38.3 Å². The molecule has 1 saturated heterocycles. The zero-order valence-electron chi connectivity index (χ0n) is 16.1. The van der Waals surface area contributed by atoms with Gasteiger partial charge in [-0.15, -0.1) is 24.8 Å². The smallest absolute Gasteiger partial charge is 0.227 e. The summed E-state index contributed by atoms with van der Waals surface area (Å²) in [6.45, 7) is 5.20. The van der Waals surface area contributed by atoms with Crippen molar-refractivity contribution in [1.82, 2.24) is 19.6 Å². The fraction of sp³-hybridized carbons (Fsp3) is 0.706. The molecule has 0 bridgehead atoms. The van der Waals surface area contributed by atoms with Crippen LogP contribution in [0.15, 0.2) is 12.4 Å². The van der Waals surface area contributed by atoms with Crippen LogP contribution in [0.3, 0.4) is 0 Å². The van der Waals surface area contributed by atoms with Crippen molar-refractivity contribution in [3.05, 3.63) is 18.0 Å². The first kappa shape index (κ1) is 24.7. The van der Waals surface area contributed by atoms with E-state index in [1.54, 1.807) is 27.7 Å². The number of hydrogen-bond donors (Lipinski definition) is 1. The van der Waals surface area contributed by atoms with Crippen molar-refractivity contribution in [3.63, 3.8) is 0 Å². The maximum absolute atomic E-state index is 13.1. The molecule has 0 aliphatic carbocycles. The summed E-state index contributed by atoms with van der Waals surface area (Å²) in [5.74, 6) is -0.127. The number of rotatable bonds is 5. The molecule has 2 amide bonds. The third-order valence-corrected chi connectivity index (χ3v) is 4.84. The molecule has 2 atom stereocenters. The zero-order chi connectivity index (χ0) is 18.1. The van der Waals surface area contributed by atoms with Gasteiger partial charge in [0.2, 0.25) is 11.8 Å². The molecule has 2 heterocycles. The number of halogens is 2. The van der Waals surface area contributed by atoms with Crippen LogP contribution in [-0.2, 0) is 16.6 Å². The first-order valence-corrected chi connectivity index (χ1v) is 8.35. The van der Waals surface area contributed by atoms with E-state index in [1.807, 2.05) is 34.1 Å². The van der Waals surface area contributed by atoms with Crippen LogP contribution in [0.4, 0.5) is 0 Å². The molecular formula is C17H31Cl2N5O2. The highest BCUT2D eigenvalue weighted by atomic mass is 35.5. The summed E-state index contributed by atoms with van der Waals surface area (Å²) < 4.78 is 1.70. The van der Waals surface area contributed by atoms with Crippen LogP contribution in [0.2, 0.25) is 0 Å². The lowest BCUT2D eigenvalue weighted by molar-refractivity contribution is -0.146. The van der Waals surface area contributed by atoms with Gasteiger partial charge in [-0.1, -0.05) is 13.8 Å². The monoisotopic (exact) mass is 407 g/mol. The van der Waals surface area contributed by atoms with E-state index in [4.69, 9.17) is 5.73 Å². The maximum atomic E-state index is 13.1. The van der Waals surface area contributed by atoms with Gasteiger partial charge in [0.25, 0.3) is 0 Å². The highest BCUT2D eigenvalue weighted by Gasteiger charge is 2.41. The van der Waals surface area contributed by atoms with E-state index in [-0.39, 0.29) is 54.0 Å². The van der Waals surface area contributed by atoms with E-state index in [9.17, 15) is 9.59 Å². The Bertz CT molecular complexity index is 620. The molecule has 9 heteroatoms. The van der Waals surface area contributed by atoms with Gasteiger partial charge in [0, 0.05) is 45.9 Å². The molecule has 1 aliphatic rings. The first-order chi connectivity index (χ1) is 11.2. The minimum absolute atomic E-state index is 0. The fourth-order valence-corrected chi connectivity index (χ4v) is 3.41. The van der Waals surface area contributed by atoms with Gasteiger partial charge >= 0.3 is 0 Å². The molecule has 0 aromatic carbocycles. The Labute approximate surface area is 168 Å². The summed E-state index contributed by atoms with van der Waals surface area (Å²) >= 11 is 0. The average Bonchev–Trinajstić information content (AvgIpc) is 2.94. The average molecular weight is 408 g/mol. The zero-order valence-corrected chi connectivity index (χ0v) is 17.8. The molecule has 0 radical (unpaired) electrons. The van der Waals surface area contributed by atoms with Crippen LogP contribution in [-0.4, -0.2) is 58.6 Å². The van der Waals surface area contributed by atoms with E-state index >= 15 is 0 Å². The SMILES string of the molecule is CN(CC(C)(C)CN)C(=O)C1CCC(=O)N(C)C1c1cnn(C)c1.Cl.Cl. The number of carbonyl (C=O) groups is 2. The van der Waals surface area contributed by atoms with Gasteiger partial charge < -0.3 is 15.5 Å². The number of piperidine rings is 1.